The van der Waals surface area contributed by atoms with E-state index in [1.165, 1.54) is 0 Å². The number of alkyl halides is 2. The molecule has 0 heterocycles. The summed E-state index contributed by atoms with van der Waals surface area (Å²) < 4.78 is 35.1. The van der Waals surface area contributed by atoms with Crippen molar-refractivity contribution in [2.75, 3.05) is 20.2 Å². The fourth-order valence-electron chi connectivity index (χ4n) is 1.76. The van der Waals surface area contributed by atoms with E-state index in [2.05, 4.69) is 20.4 Å². The Morgan fingerprint density at radius 1 is 1.27 bits per heavy atom. The van der Waals surface area contributed by atoms with Crippen molar-refractivity contribution >= 4 is 29.9 Å². The Morgan fingerprint density at radius 2 is 2.00 bits per heavy atom. The van der Waals surface area contributed by atoms with Crippen LogP contribution in [0.3, 0.4) is 0 Å². The van der Waals surface area contributed by atoms with Crippen molar-refractivity contribution in [3.05, 3.63) is 23.8 Å². The summed E-state index contributed by atoms with van der Waals surface area (Å²) in [6, 6.07) is 5.03. The number of aliphatic imine (C=N–C) groups is 1. The molecule has 126 valence electrons. The molecule has 0 saturated heterocycles. The Labute approximate surface area is 146 Å². The Hall–Kier alpha value is -1.32. The predicted molar refractivity (Wildman–Crippen MR) is 93.5 cm³/mol. The molecule has 1 rings (SSSR count). The van der Waals surface area contributed by atoms with E-state index in [0.717, 1.165) is 0 Å². The van der Waals surface area contributed by atoms with E-state index >= 15 is 0 Å². The Bertz CT molecular complexity index is 473. The average Bonchev–Trinajstić information content (AvgIpc) is 2.46. The molecule has 1 aromatic carbocycles. The first-order valence-corrected chi connectivity index (χ1v) is 6.76. The summed E-state index contributed by atoms with van der Waals surface area (Å²) in [6.07, 6.45) is 0. The van der Waals surface area contributed by atoms with Crippen molar-refractivity contribution in [3.8, 4) is 11.5 Å². The van der Waals surface area contributed by atoms with E-state index in [9.17, 15) is 8.78 Å². The van der Waals surface area contributed by atoms with Crippen molar-refractivity contribution in [2.45, 2.75) is 27.0 Å². The van der Waals surface area contributed by atoms with Crippen LogP contribution in [0, 0.1) is 0 Å². The van der Waals surface area contributed by atoms with Gasteiger partial charge in [0.05, 0.1) is 6.61 Å². The van der Waals surface area contributed by atoms with E-state index < -0.39 is 6.61 Å². The second-order valence-electron chi connectivity index (χ2n) is 4.01. The van der Waals surface area contributed by atoms with Gasteiger partial charge < -0.3 is 20.1 Å². The maximum atomic E-state index is 12.6. The van der Waals surface area contributed by atoms with Crippen LogP contribution in [-0.4, -0.2) is 32.8 Å². The first kappa shape index (κ1) is 20.7. The lowest BCUT2D eigenvalue weighted by molar-refractivity contribution is -0.0520. The van der Waals surface area contributed by atoms with Crippen LogP contribution in [0.5, 0.6) is 11.5 Å². The molecule has 0 aromatic heterocycles. The molecule has 2 N–H and O–H groups in total. The zero-order chi connectivity index (χ0) is 15.7. The number of hydrogen-bond donors (Lipinski definition) is 2. The highest BCUT2D eigenvalue weighted by Gasteiger charge is 2.15. The van der Waals surface area contributed by atoms with Crippen molar-refractivity contribution in [2.24, 2.45) is 4.99 Å². The summed E-state index contributed by atoms with van der Waals surface area (Å²) >= 11 is 0. The number of halogens is 3. The highest BCUT2D eigenvalue weighted by molar-refractivity contribution is 14.0. The van der Waals surface area contributed by atoms with Crippen LogP contribution in [0.2, 0.25) is 0 Å². The molecule has 0 saturated carbocycles. The normalized spacial score (nSPS) is 10.9. The Kier molecular flexibility index (Phi) is 10.6. The molecule has 0 aliphatic heterocycles. The lowest BCUT2D eigenvalue weighted by Gasteiger charge is -2.16. The number of para-hydroxylation sites is 1. The van der Waals surface area contributed by atoms with Crippen molar-refractivity contribution in [1.82, 2.24) is 10.6 Å². The molecule has 0 fully saturated rings. The molecule has 8 heteroatoms. The van der Waals surface area contributed by atoms with E-state index in [1.807, 2.05) is 6.92 Å². The summed E-state index contributed by atoms with van der Waals surface area (Å²) in [5, 5.41) is 6.05. The Morgan fingerprint density at radius 3 is 2.55 bits per heavy atom. The Balaban J connectivity index is 0.00000441. The molecule has 0 atom stereocenters. The number of ether oxygens (including phenoxy) is 2. The van der Waals surface area contributed by atoms with Crippen molar-refractivity contribution in [3.63, 3.8) is 0 Å². The third-order valence-corrected chi connectivity index (χ3v) is 2.58. The number of hydrogen-bond acceptors (Lipinski definition) is 3. The summed E-state index contributed by atoms with van der Waals surface area (Å²) in [6.45, 7) is 2.19. The SMILES string of the molecule is CCNC(=NC)NCc1cccc(OCC)c1OC(F)F.I. The lowest BCUT2D eigenvalue weighted by atomic mass is 10.2. The summed E-state index contributed by atoms with van der Waals surface area (Å²) in [5.41, 5.74) is 0.570. The van der Waals surface area contributed by atoms with E-state index in [1.54, 1.807) is 32.2 Å². The zero-order valence-electron chi connectivity index (χ0n) is 12.9. The predicted octanol–water partition coefficient (Wildman–Crippen LogP) is 2.99. The number of rotatable bonds is 7. The minimum atomic E-state index is -2.90. The largest absolute Gasteiger partial charge is 0.490 e. The van der Waals surface area contributed by atoms with Crippen LogP contribution >= 0.6 is 24.0 Å². The smallest absolute Gasteiger partial charge is 0.387 e. The first-order chi connectivity index (χ1) is 10.1. The van der Waals surface area contributed by atoms with Gasteiger partial charge in [0.1, 0.15) is 0 Å². The van der Waals surface area contributed by atoms with Crippen molar-refractivity contribution in [1.29, 1.82) is 0 Å². The molecule has 0 radical (unpaired) electrons. The number of benzene rings is 1. The van der Waals surface area contributed by atoms with E-state index in [-0.39, 0.29) is 29.7 Å². The molecular weight excluding hydrogens is 407 g/mol. The van der Waals surface area contributed by atoms with Crippen LogP contribution in [0.25, 0.3) is 0 Å². The van der Waals surface area contributed by atoms with Gasteiger partial charge in [0, 0.05) is 25.7 Å². The highest BCUT2D eigenvalue weighted by atomic mass is 127. The summed E-state index contributed by atoms with van der Waals surface area (Å²) in [7, 11) is 1.64. The number of nitrogens with zero attached hydrogens (tertiary/aromatic N) is 1. The average molecular weight is 429 g/mol. The standard InChI is InChI=1S/C14H21F2N3O2.HI/c1-4-18-14(17-3)19-9-10-7-6-8-11(20-5-2)12(10)21-13(15)16;/h6-8,13H,4-5,9H2,1-3H3,(H2,17,18,19);1H. The second kappa shape index (κ2) is 11.3. The van der Waals surface area contributed by atoms with Crippen LogP contribution < -0.4 is 20.1 Å². The third-order valence-electron chi connectivity index (χ3n) is 2.58. The van der Waals surface area contributed by atoms with Crippen LogP contribution in [0.15, 0.2) is 23.2 Å². The van der Waals surface area contributed by atoms with Gasteiger partial charge in [0.15, 0.2) is 17.5 Å². The van der Waals surface area contributed by atoms with Crippen LogP contribution in [-0.2, 0) is 6.54 Å². The molecule has 0 aliphatic carbocycles. The third kappa shape index (κ3) is 6.63. The lowest BCUT2D eigenvalue weighted by Crippen LogP contribution is -2.36. The van der Waals surface area contributed by atoms with Gasteiger partial charge in [-0.2, -0.15) is 8.78 Å². The fraction of sp³-hybridized carbons (Fsp3) is 0.500. The first-order valence-electron chi connectivity index (χ1n) is 6.76. The molecule has 0 unspecified atom stereocenters. The molecule has 22 heavy (non-hydrogen) atoms. The molecule has 0 amide bonds. The minimum Gasteiger partial charge on any atom is -0.490 e. The van der Waals surface area contributed by atoms with Gasteiger partial charge >= 0.3 is 6.61 Å². The second-order valence-corrected chi connectivity index (χ2v) is 4.01. The molecule has 1 aromatic rings. The molecular formula is C14H22F2IN3O2. The summed E-state index contributed by atoms with van der Waals surface area (Å²) in [4.78, 5) is 4.02. The maximum Gasteiger partial charge on any atom is 0.387 e. The van der Waals surface area contributed by atoms with Gasteiger partial charge in [-0.1, -0.05) is 12.1 Å². The molecule has 0 spiro atoms. The minimum absolute atomic E-state index is 0. The topological polar surface area (TPSA) is 54.9 Å². The van der Waals surface area contributed by atoms with Crippen molar-refractivity contribution < 1.29 is 18.3 Å². The zero-order valence-corrected chi connectivity index (χ0v) is 15.2. The molecule has 5 nitrogen and oxygen atoms in total. The maximum absolute atomic E-state index is 12.6. The van der Waals surface area contributed by atoms with Gasteiger partial charge in [-0.15, -0.1) is 24.0 Å². The van der Waals surface area contributed by atoms with Gasteiger partial charge in [0.2, 0.25) is 0 Å². The van der Waals surface area contributed by atoms with Gasteiger partial charge in [-0.25, -0.2) is 0 Å². The quantitative estimate of drug-likeness (QED) is 0.398. The van der Waals surface area contributed by atoms with Crippen LogP contribution in [0.4, 0.5) is 8.78 Å². The van der Waals surface area contributed by atoms with Crippen LogP contribution in [0.1, 0.15) is 19.4 Å². The van der Waals surface area contributed by atoms with Gasteiger partial charge in [-0.05, 0) is 19.9 Å². The van der Waals surface area contributed by atoms with E-state index in [0.29, 0.717) is 37.0 Å². The van der Waals surface area contributed by atoms with E-state index in [4.69, 9.17) is 4.74 Å². The van der Waals surface area contributed by atoms with Gasteiger partial charge in [0.25, 0.3) is 0 Å². The van der Waals surface area contributed by atoms with Gasteiger partial charge in [-0.3, -0.25) is 4.99 Å². The highest BCUT2D eigenvalue weighted by Crippen LogP contribution is 2.32. The molecule has 0 bridgehead atoms. The number of guanidine groups is 1. The summed E-state index contributed by atoms with van der Waals surface area (Å²) in [5.74, 6) is 0.937. The fourth-order valence-corrected chi connectivity index (χ4v) is 1.76. The molecule has 0 aliphatic rings. The number of nitrogens with one attached hydrogen (secondary N) is 2. The monoisotopic (exact) mass is 429 g/mol.